The number of aromatic nitrogens is 3. The summed E-state index contributed by atoms with van der Waals surface area (Å²) in [4.78, 5) is 25.7. The van der Waals surface area contributed by atoms with E-state index < -0.39 is 17.4 Å². The third kappa shape index (κ3) is 4.85. The molecule has 0 saturated carbocycles. The van der Waals surface area contributed by atoms with Gasteiger partial charge in [-0.05, 0) is 49.5 Å². The molecule has 0 aliphatic carbocycles. The van der Waals surface area contributed by atoms with E-state index in [4.69, 9.17) is 0 Å². The van der Waals surface area contributed by atoms with Gasteiger partial charge >= 0.3 is 6.18 Å². The molecule has 0 amide bonds. The van der Waals surface area contributed by atoms with Crippen molar-refractivity contribution in [2.45, 2.75) is 32.1 Å². The number of pyridine rings is 1. The number of alkyl halides is 3. The van der Waals surface area contributed by atoms with E-state index in [1.807, 2.05) is 6.07 Å². The molecule has 9 heteroatoms. The molecular weight excluding hydrogens is 361 g/mol. The van der Waals surface area contributed by atoms with Crippen LogP contribution >= 0.6 is 0 Å². The Hall–Kier alpha value is -2.42. The summed E-state index contributed by atoms with van der Waals surface area (Å²) in [6, 6.07) is 5.14. The molecule has 1 aliphatic heterocycles. The molecular formula is C18H21F3N4O2. The second kappa shape index (κ2) is 7.67. The molecule has 1 fully saturated rings. The van der Waals surface area contributed by atoms with Crippen LogP contribution in [0.25, 0.3) is 0 Å². The van der Waals surface area contributed by atoms with Gasteiger partial charge < -0.3 is 4.57 Å². The van der Waals surface area contributed by atoms with E-state index in [1.165, 1.54) is 4.57 Å². The quantitative estimate of drug-likeness (QED) is 0.810. The van der Waals surface area contributed by atoms with Gasteiger partial charge in [-0.25, -0.2) is 4.68 Å². The maximum atomic E-state index is 12.8. The fourth-order valence-electron chi connectivity index (χ4n) is 3.25. The van der Waals surface area contributed by atoms with E-state index in [0.717, 1.165) is 42.2 Å². The van der Waals surface area contributed by atoms with Gasteiger partial charge in [0.2, 0.25) is 0 Å². The van der Waals surface area contributed by atoms with E-state index >= 15 is 0 Å². The number of likely N-dealkylation sites (tertiary alicyclic amines) is 1. The molecule has 0 aromatic carbocycles. The van der Waals surface area contributed by atoms with Crippen molar-refractivity contribution in [3.8, 4) is 0 Å². The van der Waals surface area contributed by atoms with Crippen molar-refractivity contribution in [1.29, 1.82) is 0 Å². The maximum absolute atomic E-state index is 12.8. The predicted molar refractivity (Wildman–Crippen MR) is 93.2 cm³/mol. The maximum Gasteiger partial charge on any atom is 0.435 e. The highest BCUT2D eigenvalue weighted by Gasteiger charge is 2.33. The van der Waals surface area contributed by atoms with Crippen LogP contribution in [-0.2, 0) is 26.3 Å². The number of hydrogen-bond acceptors (Lipinski definition) is 4. The van der Waals surface area contributed by atoms with Crippen LogP contribution in [0, 0.1) is 5.92 Å². The molecule has 2 aromatic heterocycles. The van der Waals surface area contributed by atoms with Crippen molar-refractivity contribution in [2.75, 3.05) is 13.1 Å². The second-order valence-electron chi connectivity index (χ2n) is 6.94. The predicted octanol–water partition coefficient (Wildman–Crippen LogP) is 1.87. The molecule has 27 heavy (non-hydrogen) atoms. The van der Waals surface area contributed by atoms with E-state index in [9.17, 15) is 22.8 Å². The minimum absolute atomic E-state index is 0.0580. The fourth-order valence-corrected chi connectivity index (χ4v) is 3.25. The van der Waals surface area contributed by atoms with Gasteiger partial charge in [0.05, 0.1) is 0 Å². The van der Waals surface area contributed by atoms with E-state index in [1.54, 1.807) is 19.3 Å². The van der Waals surface area contributed by atoms with Gasteiger partial charge in [-0.3, -0.25) is 14.5 Å². The van der Waals surface area contributed by atoms with Crippen molar-refractivity contribution < 1.29 is 13.2 Å². The third-order valence-electron chi connectivity index (χ3n) is 4.87. The van der Waals surface area contributed by atoms with E-state index in [2.05, 4.69) is 10.00 Å². The lowest BCUT2D eigenvalue weighted by Crippen LogP contribution is -2.37. The summed E-state index contributed by atoms with van der Waals surface area (Å²) in [5.74, 6) is 0.0959. The standard InChI is InChI=1S/C18H21F3N4O2/c1-23-7-4-14(10-17(23)27)11-24-8-5-13(6-9-24)12-25-16(26)3-2-15(22-25)18(19,20)21/h2-4,7,10,13H,5-6,8-9,11-12H2,1H3. The summed E-state index contributed by atoms with van der Waals surface area (Å²) < 4.78 is 40.8. The van der Waals surface area contributed by atoms with Crippen LogP contribution in [0.4, 0.5) is 13.2 Å². The van der Waals surface area contributed by atoms with Crippen LogP contribution in [0.1, 0.15) is 24.1 Å². The molecule has 1 aliphatic rings. The molecule has 6 nitrogen and oxygen atoms in total. The van der Waals surface area contributed by atoms with E-state index in [0.29, 0.717) is 12.6 Å². The molecule has 0 radical (unpaired) electrons. The lowest BCUT2D eigenvalue weighted by molar-refractivity contribution is -0.142. The summed E-state index contributed by atoms with van der Waals surface area (Å²) in [6.07, 6.45) is -1.31. The lowest BCUT2D eigenvalue weighted by atomic mass is 9.96. The van der Waals surface area contributed by atoms with Crippen LogP contribution in [-0.4, -0.2) is 32.3 Å². The zero-order valence-electron chi connectivity index (χ0n) is 14.9. The average molecular weight is 382 g/mol. The minimum Gasteiger partial charge on any atom is -0.319 e. The Kier molecular flexibility index (Phi) is 5.50. The zero-order valence-corrected chi connectivity index (χ0v) is 14.9. The molecule has 3 rings (SSSR count). The van der Waals surface area contributed by atoms with Gasteiger partial charge in [0.25, 0.3) is 11.1 Å². The first-order valence-electron chi connectivity index (χ1n) is 8.75. The van der Waals surface area contributed by atoms with Crippen LogP contribution in [0.3, 0.4) is 0 Å². The summed E-state index contributed by atoms with van der Waals surface area (Å²) in [5.41, 5.74) is -0.694. The average Bonchev–Trinajstić information content (AvgIpc) is 2.61. The topological polar surface area (TPSA) is 60.1 Å². The van der Waals surface area contributed by atoms with Gasteiger partial charge in [0.1, 0.15) is 0 Å². The second-order valence-corrected chi connectivity index (χ2v) is 6.94. The highest BCUT2D eigenvalue weighted by atomic mass is 19.4. The van der Waals surface area contributed by atoms with Crippen LogP contribution in [0.5, 0.6) is 0 Å². The van der Waals surface area contributed by atoms with Gasteiger partial charge in [-0.1, -0.05) is 0 Å². The molecule has 0 unspecified atom stereocenters. The van der Waals surface area contributed by atoms with Crippen molar-refractivity contribution in [3.63, 3.8) is 0 Å². The number of nitrogens with zero attached hydrogens (tertiary/aromatic N) is 4. The first-order chi connectivity index (χ1) is 12.7. The van der Waals surface area contributed by atoms with Crippen LogP contribution in [0.15, 0.2) is 40.1 Å². The first-order valence-corrected chi connectivity index (χ1v) is 8.75. The molecule has 2 aromatic rings. The molecule has 1 saturated heterocycles. The Labute approximate surface area is 153 Å². The highest BCUT2D eigenvalue weighted by Crippen LogP contribution is 2.26. The Balaban J connectivity index is 1.59. The summed E-state index contributed by atoms with van der Waals surface area (Å²) >= 11 is 0. The largest absolute Gasteiger partial charge is 0.435 e. The summed E-state index contributed by atoms with van der Waals surface area (Å²) in [6.45, 7) is 2.36. The fraction of sp³-hybridized carbons (Fsp3) is 0.500. The van der Waals surface area contributed by atoms with Gasteiger partial charge in [0, 0.05) is 38.5 Å². The van der Waals surface area contributed by atoms with Crippen LogP contribution in [0.2, 0.25) is 0 Å². The van der Waals surface area contributed by atoms with Crippen molar-refractivity contribution in [1.82, 2.24) is 19.2 Å². The minimum atomic E-state index is -4.56. The molecule has 0 atom stereocenters. The number of aryl methyl sites for hydroxylation is 1. The highest BCUT2D eigenvalue weighted by molar-refractivity contribution is 5.11. The first kappa shape index (κ1) is 19.3. The van der Waals surface area contributed by atoms with Crippen molar-refractivity contribution in [3.05, 3.63) is 62.4 Å². The summed E-state index contributed by atoms with van der Waals surface area (Å²) in [7, 11) is 1.70. The third-order valence-corrected chi connectivity index (χ3v) is 4.87. The Morgan fingerprint density at radius 1 is 1.11 bits per heavy atom. The number of hydrogen-bond donors (Lipinski definition) is 0. The lowest BCUT2D eigenvalue weighted by Gasteiger charge is -2.32. The number of rotatable bonds is 4. The number of halogens is 3. The van der Waals surface area contributed by atoms with Gasteiger partial charge in [-0.15, -0.1) is 0 Å². The van der Waals surface area contributed by atoms with Crippen molar-refractivity contribution >= 4 is 0 Å². The Bertz CT molecular complexity index is 912. The Morgan fingerprint density at radius 2 is 1.81 bits per heavy atom. The van der Waals surface area contributed by atoms with Gasteiger partial charge in [0.15, 0.2) is 5.69 Å². The SMILES string of the molecule is Cn1ccc(CN2CCC(Cn3nc(C(F)(F)F)ccc3=O)CC2)cc1=O. The van der Waals surface area contributed by atoms with E-state index in [-0.39, 0.29) is 18.0 Å². The smallest absolute Gasteiger partial charge is 0.319 e. The monoisotopic (exact) mass is 382 g/mol. The molecule has 3 heterocycles. The van der Waals surface area contributed by atoms with Gasteiger partial charge in [-0.2, -0.15) is 18.3 Å². The van der Waals surface area contributed by atoms with Crippen molar-refractivity contribution in [2.24, 2.45) is 13.0 Å². The molecule has 0 spiro atoms. The summed E-state index contributed by atoms with van der Waals surface area (Å²) in [5, 5.41) is 3.47. The Morgan fingerprint density at radius 3 is 2.44 bits per heavy atom. The number of piperidine rings is 1. The molecule has 0 N–H and O–H groups in total. The molecule has 0 bridgehead atoms. The molecule has 146 valence electrons. The normalized spacial score (nSPS) is 16.6. The van der Waals surface area contributed by atoms with Crippen LogP contribution < -0.4 is 11.1 Å². The zero-order chi connectivity index (χ0) is 19.6.